The molecule has 2 atom stereocenters. The van der Waals surface area contributed by atoms with Crippen LogP contribution in [-0.4, -0.2) is 53.6 Å². The van der Waals surface area contributed by atoms with E-state index in [0.717, 1.165) is 13.1 Å². The predicted molar refractivity (Wildman–Crippen MR) is 89.4 cm³/mol. The normalized spacial score (nSPS) is 23.6. The van der Waals surface area contributed by atoms with E-state index >= 15 is 0 Å². The second kappa shape index (κ2) is 6.32. The van der Waals surface area contributed by atoms with Crippen molar-refractivity contribution in [2.75, 3.05) is 25.0 Å². The first kappa shape index (κ1) is 16.6. The molecule has 24 heavy (non-hydrogen) atoms. The highest BCUT2D eigenvalue weighted by Crippen LogP contribution is 2.37. The molecular weight excluding hydrogens is 310 g/mol. The summed E-state index contributed by atoms with van der Waals surface area (Å²) in [5.74, 6) is -0.0882. The van der Waals surface area contributed by atoms with E-state index in [2.05, 4.69) is 36.3 Å². The van der Waals surface area contributed by atoms with Gasteiger partial charge in [0.05, 0.1) is 0 Å². The molecule has 0 saturated carbocycles. The van der Waals surface area contributed by atoms with Gasteiger partial charge in [-0.05, 0) is 31.9 Å². The third-order valence-corrected chi connectivity index (χ3v) is 4.65. The molecule has 130 valence electrons. The van der Waals surface area contributed by atoms with Gasteiger partial charge in [-0.15, -0.1) is 0 Å². The molecule has 0 aromatic heterocycles. The molecule has 0 radical (unpaired) electrons. The highest BCUT2D eigenvalue weighted by Gasteiger charge is 2.32. The van der Waals surface area contributed by atoms with E-state index < -0.39 is 0 Å². The summed E-state index contributed by atoms with van der Waals surface area (Å²) in [6.45, 7) is 8.05. The number of benzene rings is 1. The number of carbonyl (C=O) groups is 2. The Morgan fingerprint density at radius 3 is 2.83 bits per heavy atom. The molecule has 0 spiro atoms. The average molecular weight is 333 g/mol. The minimum absolute atomic E-state index is 0.0682. The number of phenolic OH excluding ortho intramolecular Hbond substituents is 1. The summed E-state index contributed by atoms with van der Waals surface area (Å²) in [5, 5.41) is 15.6. The lowest BCUT2D eigenvalue weighted by atomic mass is 10.1. The number of nitrogens with zero attached hydrogens (tertiary/aromatic N) is 1. The van der Waals surface area contributed by atoms with Crippen molar-refractivity contribution in [1.82, 2.24) is 10.2 Å². The molecule has 0 aliphatic carbocycles. The number of aromatic hydroxyl groups is 1. The Hall–Kier alpha value is -2.28. The number of fused-ring (bicyclic) bond motifs is 1. The van der Waals surface area contributed by atoms with Crippen molar-refractivity contribution in [3.05, 3.63) is 17.7 Å². The number of phenols is 1. The van der Waals surface area contributed by atoms with Gasteiger partial charge in [0.25, 0.3) is 11.8 Å². The summed E-state index contributed by atoms with van der Waals surface area (Å²) >= 11 is 0. The van der Waals surface area contributed by atoms with Gasteiger partial charge in [-0.25, -0.2) is 0 Å². The molecule has 1 fully saturated rings. The Morgan fingerprint density at radius 2 is 2.17 bits per heavy atom. The summed E-state index contributed by atoms with van der Waals surface area (Å²) in [7, 11) is 0. The van der Waals surface area contributed by atoms with Gasteiger partial charge in [0.15, 0.2) is 6.61 Å². The van der Waals surface area contributed by atoms with Gasteiger partial charge in [-0.3, -0.25) is 14.5 Å². The van der Waals surface area contributed by atoms with Crippen LogP contribution >= 0.6 is 0 Å². The summed E-state index contributed by atoms with van der Waals surface area (Å²) < 4.78 is 5.29. The van der Waals surface area contributed by atoms with Crippen LogP contribution in [-0.2, 0) is 4.79 Å². The molecule has 3 rings (SSSR count). The van der Waals surface area contributed by atoms with Crippen molar-refractivity contribution in [2.45, 2.75) is 32.9 Å². The Kier molecular flexibility index (Phi) is 4.36. The lowest BCUT2D eigenvalue weighted by molar-refractivity contribution is -0.118. The van der Waals surface area contributed by atoms with E-state index in [9.17, 15) is 14.7 Å². The zero-order chi connectivity index (χ0) is 17.4. The van der Waals surface area contributed by atoms with E-state index in [0.29, 0.717) is 23.3 Å². The second-order valence-electron chi connectivity index (χ2n) is 6.81. The lowest BCUT2D eigenvalue weighted by Crippen LogP contribution is -2.40. The van der Waals surface area contributed by atoms with E-state index in [1.54, 1.807) is 6.07 Å². The van der Waals surface area contributed by atoms with Crippen LogP contribution in [0.25, 0.3) is 0 Å². The van der Waals surface area contributed by atoms with Crippen molar-refractivity contribution in [1.29, 1.82) is 0 Å². The Bertz CT molecular complexity index is 674. The van der Waals surface area contributed by atoms with Gasteiger partial charge in [0, 0.05) is 30.7 Å². The maximum atomic E-state index is 12.5. The van der Waals surface area contributed by atoms with Gasteiger partial charge in [-0.2, -0.15) is 0 Å². The number of hydrogen-bond donors (Lipinski definition) is 3. The SMILES string of the molecule is CC(C)N1C[C@@H](C)[C@@H](NC(=O)c2cc(O)c3c(c2)OCC(=O)N3)C1. The molecule has 1 saturated heterocycles. The molecule has 1 aromatic carbocycles. The largest absolute Gasteiger partial charge is 0.506 e. The topological polar surface area (TPSA) is 90.9 Å². The first-order chi connectivity index (χ1) is 11.3. The fraction of sp³-hybridized carbons (Fsp3) is 0.529. The summed E-state index contributed by atoms with van der Waals surface area (Å²) in [6.07, 6.45) is 0. The number of ether oxygens (including phenoxy) is 1. The van der Waals surface area contributed by atoms with E-state index in [1.807, 2.05) is 0 Å². The molecule has 1 aromatic rings. The third-order valence-electron chi connectivity index (χ3n) is 4.65. The monoisotopic (exact) mass is 333 g/mol. The number of amides is 2. The zero-order valence-corrected chi connectivity index (χ0v) is 14.1. The van der Waals surface area contributed by atoms with Crippen LogP contribution < -0.4 is 15.4 Å². The predicted octanol–water partition coefficient (Wildman–Crippen LogP) is 1.18. The van der Waals surface area contributed by atoms with E-state index in [4.69, 9.17) is 4.74 Å². The summed E-state index contributed by atoms with van der Waals surface area (Å²) in [4.78, 5) is 26.2. The summed E-state index contributed by atoms with van der Waals surface area (Å²) in [5.41, 5.74) is 0.528. The van der Waals surface area contributed by atoms with Crippen LogP contribution in [0.1, 0.15) is 31.1 Å². The standard InChI is InChI=1S/C17H23N3O4/c1-9(2)20-6-10(3)12(7-20)18-17(23)11-4-13(21)16-14(5-11)24-8-15(22)19-16/h4-5,9-10,12,21H,6-8H2,1-3H3,(H,18,23)(H,19,22)/t10-,12+/m1/s1. The third kappa shape index (κ3) is 3.17. The molecule has 0 bridgehead atoms. The van der Waals surface area contributed by atoms with Crippen LogP contribution in [0.15, 0.2) is 12.1 Å². The fourth-order valence-corrected chi connectivity index (χ4v) is 3.16. The van der Waals surface area contributed by atoms with Crippen LogP contribution in [0.2, 0.25) is 0 Å². The average Bonchev–Trinajstić information content (AvgIpc) is 2.89. The van der Waals surface area contributed by atoms with Gasteiger partial charge >= 0.3 is 0 Å². The quantitative estimate of drug-likeness (QED) is 0.723. The van der Waals surface area contributed by atoms with Gasteiger partial charge in [0.2, 0.25) is 0 Å². The number of rotatable bonds is 3. The van der Waals surface area contributed by atoms with E-state index in [1.165, 1.54) is 6.07 Å². The number of nitrogens with one attached hydrogen (secondary N) is 2. The maximum absolute atomic E-state index is 12.5. The molecular formula is C17H23N3O4. The minimum atomic E-state index is -0.330. The Balaban J connectivity index is 1.74. The maximum Gasteiger partial charge on any atom is 0.262 e. The van der Waals surface area contributed by atoms with Crippen LogP contribution in [0, 0.1) is 5.92 Å². The van der Waals surface area contributed by atoms with Gasteiger partial charge in [0.1, 0.15) is 17.2 Å². The Labute approximate surface area is 141 Å². The smallest absolute Gasteiger partial charge is 0.262 e. The molecule has 2 aliphatic heterocycles. The minimum Gasteiger partial charge on any atom is -0.506 e. The highest BCUT2D eigenvalue weighted by atomic mass is 16.5. The van der Waals surface area contributed by atoms with Crippen molar-refractivity contribution < 1.29 is 19.4 Å². The molecule has 2 amide bonds. The van der Waals surface area contributed by atoms with Crippen molar-refractivity contribution in [2.24, 2.45) is 5.92 Å². The highest BCUT2D eigenvalue weighted by molar-refractivity contribution is 6.01. The van der Waals surface area contributed by atoms with Crippen LogP contribution in [0.3, 0.4) is 0 Å². The van der Waals surface area contributed by atoms with E-state index in [-0.39, 0.29) is 35.9 Å². The molecule has 2 aliphatic rings. The number of hydrogen-bond acceptors (Lipinski definition) is 5. The number of likely N-dealkylation sites (tertiary alicyclic amines) is 1. The molecule has 7 nitrogen and oxygen atoms in total. The lowest BCUT2D eigenvalue weighted by Gasteiger charge is -2.21. The summed E-state index contributed by atoms with van der Waals surface area (Å²) in [6, 6.07) is 3.41. The zero-order valence-electron chi connectivity index (χ0n) is 14.1. The second-order valence-corrected chi connectivity index (χ2v) is 6.81. The molecule has 7 heteroatoms. The van der Waals surface area contributed by atoms with Crippen molar-refractivity contribution in [3.63, 3.8) is 0 Å². The van der Waals surface area contributed by atoms with Crippen LogP contribution in [0.5, 0.6) is 11.5 Å². The Morgan fingerprint density at radius 1 is 1.42 bits per heavy atom. The molecule has 0 unspecified atom stereocenters. The number of carbonyl (C=O) groups excluding carboxylic acids is 2. The first-order valence-corrected chi connectivity index (χ1v) is 8.19. The van der Waals surface area contributed by atoms with Gasteiger partial charge < -0.3 is 20.5 Å². The number of anilines is 1. The van der Waals surface area contributed by atoms with Crippen molar-refractivity contribution in [3.8, 4) is 11.5 Å². The molecule has 3 N–H and O–H groups in total. The molecule has 2 heterocycles. The fourth-order valence-electron chi connectivity index (χ4n) is 3.16. The van der Waals surface area contributed by atoms with Crippen LogP contribution in [0.4, 0.5) is 5.69 Å². The van der Waals surface area contributed by atoms with Gasteiger partial charge in [-0.1, -0.05) is 6.92 Å². The van der Waals surface area contributed by atoms with Crippen molar-refractivity contribution >= 4 is 17.5 Å². The first-order valence-electron chi connectivity index (χ1n) is 8.19.